The lowest BCUT2D eigenvalue weighted by Crippen LogP contribution is -2.53. The third-order valence-corrected chi connectivity index (χ3v) is 3.24. The Hall–Kier alpha value is -1.95. The molecule has 2 heterocycles. The van der Waals surface area contributed by atoms with Gasteiger partial charge in [0.1, 0.15) is 6.04 Å². The fourth-order valence-electron chi connectivity index (χ4n) is 2.18. The second kappa shape index (κ2) is 12.6. The van der Waals surface area contributed by atoms with Gasteiger partial charge in [-0.05, 0) is 26.0 Å². The molecule has 1 saturated heterocycles. The average molecular weight is 325 g/mol. The van der Waals surface area contributed by atoms with Crippen molar-refractivity contribution in [3.8, 4) is 0 Å². The van der Waals surface area contributed by atoms with E-state index in [1.165, 1.54) is 11.9 Å². The van der Waals surface area contributed by atoms with E-state index in [0.717, 1.165) is 5.57 Å². The van der Waals surface area contributed by atoms with E-state index in [9.17, 15) is 14.4 Å². The van der Waals surface area contributed by atoms with Crippen molar-refractivity contribution in [2.45, 2.75) is 53.5 Å². The Morgan fingerprint density at radius 1 is 1.17 bits per heavy atom. The summed E-state index contributed by atoms with van der Waals surface area (Å²) in [5, 5.41) is 2.26. The summed E-state index contributed by atoms with van der Waals surface area (Å²) in [4.78, 5) is 36.2. The van der Waals surface area contributed by atoms with Crippen LogP contribution in [0.5, 0.6) is 0 Å². The lowest BCUT2D eigenvalue weighted by molar-refractivity contribution is -0.142. The highest BCUT2D eigenvalue weighted by atomic mass is 16.2. The summed E-state index contributed by atoms with van der Waals surface area (Å²) in [6, 6.07) is -0.535. The number of carbonyl (C=O) groups excluding carboxylic acids is 3. The minimum atomic E-state index is -0.535. The number of hydrogen-bond donors (Lipinski definition) is 2. The Morgan fingerprint density at radius 2 is 1.70 bits per heavy atom. The molecule has 23 heavy (non-hydrogen) atoms. The van der Waals surface area contributed by atoms with Gasteiger partial charge < -0.3 is 10.6 Å². The fourth-order valence-corrected chi connectivity index (χ4v) is 2.18. The molecule has 0 aromatic carbocycles. The van der Waals surface area contributed by atoms with Crippen molar-refractivity contribution in [2.75, 3.05) is 13.6 Å². The van der Waals surface area contributed by atoms with E-state index in [1.807, 2.05) is 27.7 Å². The zero-order valence-electron chi connectivity index (χ0n) is 15.2. The van der Waals surface area contributed by atoms with E-state index in [-0.39, 0.29) is 24.1 Å². The average Bonchev–Trinajstić information content (AvgIpc) is 2.88. The third-order valence-electron chi connectivity index (χ3n) is 3.24. The lowest BCUT2D eigenvalue weighted by atomic mass is 10.0. The highest BCUT2D eigenvalue weighted by Gasteiger charge is 2.38. The van der Waals surface area contributed by atoms with Crippen LogP contribution in [0.4, 0.5) is 0 Å². The van der Waals surface area contributed by atoms with Gasteiger partial charge in [0.2, 0.25) is 11.8 Å². The van der Waals surface area contributed by atoms with Gasteiger partial charge in [-0.1, -0.05) is 40.3 Å². The van der Waals surface area contributed by atoms with Crippen molar-refractivity contribution in [3.05, 3.63) is 23.8 Å². The number of imide groups is 1. The van der Waals surface area contributed by atoms with Gasteiger partial charge in [-0.25, -0.2) is 0 Å². The van der Waals surface area contributed by atoms with Gasteiger partial charge in [0.05, 0.1) is 0 Å². The van der Waals surface area contributed by atoms with E-state index in [0.29, 0.717) is 18.5 Å². The Morgan fingerprint density at radius 3 is 2.09 bits per heavy atom. The Kier molecular flexibility index (Phi) is 12.8. The molecule has 2 rings (SSSR count). The summed E-state index contributed by atoms with van der Waals surface area (Å²) in [6.07, 6.45) is 2.32. The number of nitrogens with one attached hydrogen (secondary N) is 1. The van der Waals surface area contributed by atoms with Gasteiger partial charge in [0.25, 0.3) is 5.91 Å². The topological polar surface area (TPSA) is 92.5 Å². The minimum absolute atomic E-state index is 0.144. The van der Waals surface area contributed by atoms with E-state index in [4.69, 9.17) is 0 Å². The lowest BCUT2D eigenvalue weighted by Gasteiger charge is -2.29. The highest BCUT2D eigenvalue weighted by molar-refractivity contribution is 6.04. The van der Waals surface area contributed by atoms with Gasteiger partial charge in [0, 0.05) is 18.5 Å². The molecule has 3 N–H and O–H groups in total. The predicted octanol–water partition coefficient (Wildman–Crippen LogP) is 1.76. The van der Waals surface area contributed by atoms with Gasteiger partial charge in [0.15, 0.2) is 0 Å². The molecule has 0 aromatic heterocycles. The predicted molar refractivity (Wildman–Crippen MR) is 93.6 cm³/mol. The summed E-state index contributed by atoms with van der Waals surface area (Å²) >= 11 is 0. The maximum absolute atomic E-state index is 12.0. The first-order valence-corrected chi connectivity index (χ1v) is 8.09. The first-order valence-electron chi connectivity index (χ1n) is 8.09. The molecule has 1 atom stereocenters. The summed E-state index contributed by atoms with van der Waals surface area (Å²) in [6.45, 7) is 13.8. The maximum atomic E-state index is 12.0. The largest absolute Gasteiger partial charge is 0.333 e. The molecule has 0 aromatic rings. The number of rotatable bonds is 2. The fraction of sp³-hybridized carbons (Fsp3) is 0.588. The number of carbonyl (C=O) groups is 3. The molecular formula is C17H31N3O3. The van der Waals surface area contributed by atoms with E-state index in [1.54, 1.807) is 13.0 Å². The van der Waals surface area contributed by atoms with Crippen molar-refractivity contribution in [1.82, 2.24) is 10.2 Å². The van der Waals surface area contributed by atoms with Crippen LogP contribution < -0.4 is 11.1 Å². The summed E-state index contributed by atoms with van der Waals surface area (Å²) in [5.41, 5.74) is 5.98. The first kappa shape index (κ1) is 23.3. The smallest absolute Gasteiger partial charge is 0.250 e. The summed E-state index contributed by atoms with van der Waals surface area (Å²) < 4.78 is 0. The zero-order valence-corrected chi connectivity index (χ0v) is 15.2. The molecular weight excluding hydrogens is 294 g/mol. The molecule has 6 nitrogen and oxygen atoms in total. The molecule has 2 aliphatic rings. The monoisotopic (exact) mass is 325 g/mol. The molecule has 132 valence electrons. The van der Waals surface area contributed by atoms with Crippen LogP contribution in [-0.4, -0.2) is 42.3 Å². The van der Waals surface area contributed by atoms with Crippen LogP contribution in [0, 0.1) is 0 Å². The van der Waals surface area contributed by atoms with Crippen LogP contribution in [0.2, 0.25) is 0 Å². The molecule has 1 fully saturated rings. The Bertz CT molecular complexity index is 456. The number of nitrogens with two attached hydrogens (primary N) is 1. The van der Waals surface area contributed by atoms with Gasteiger partial charge in [-0.15, -0.1) is 0 Å². The quantitative estimate of drug-likeness (QED) is 0.757. The molecule has 3 amide bonds. The third kappa shape index (κ3) is 5.98. The maximum Gasteiger partial charge on any atom is 0.250 e. The number of amides is 3. The van der Waals surface area contributed by atoms with Gasteiger partial charge in [-0.3, -0.25) is 19.7 Å². The molecule has 0 saturated carbocycles. The van der Waals surface area contributed by atoms with Crippen molar-refractivity contribution in [3.63, 3.8) is 0 Å². The highest BCUT2D eigenvalue weighted by Crippen LogP contribution is 2.24. The normalized spacial score (nSPS) is 19.5. The van der Waals surface area contributed by atoms with Crippen LogP contribution >= 0.6 is 0 Å². The molecule has 1 unspecified atom stereocenters. The molecule has 2 aliphatic heterocycles. The van der Waals surface area contributed by atoms with Crippen LogP contribution in [0.1, 0.15) is 47.5 Å². The van der Waals surface area contributed by atoms with Crippen LogP contribution in [0.3, 0.4) is 0 Å². The molecule has 0 bridgehead atoms. The molecule has 0 spiro atoms. The van der Waals surface area contributed by atoms with E-state index >= 15 is 0 Å². The molecule has 0 aliphatic carbocycles. The number of piperidine rings is 1. The van der Waals surface area contributed by atoms with Crippen LogP contribution in [-0.2, 0) is 14.4 Å². The van der Waals surface area contributed by atoms with Crippen molar-refractivity contribution in [2.24, 2.45) is 5.73 Å². The van der Waals surface area contributed by atoms with Gasteiger partial charge >= 0.3 is 0 Å². The van der Waals surface area contributed by atoms with E-state index < -0.39 is 6.04 Å². The van der Waals surface area contributed by atoms with E-state index in [2.05, 4.69) is 17.6 Å². The number of nitrogens with zero attached hydrogens (tertiary/aromatic N) is 1. The van der Waals surface area contributed by atoms with Gasteiger partial charge in [-0.2, -0.15) is 0 Å². The molecule has 6 heteroatoms. The Balaban J connectivity index is 0. The Labute approximate surface area is 139 Å². The second-order valence-corrected chi connectivity index (χ2v) is 4.25. The SMILES string of the molecule is C=CC1=C(C)C(=O)N(C2CCC(=O)NC2=O)C1.CC.CC.CN. The standard InChI is InChI=1S/C12H14N2O3.2C2H6.CH5N/c1-3-8-6-14(12(17)7(8)2)9-4-5-10(15)13-11(9)16;3*1-2/h3,9H,1,4-6H2,2H3,(H,13,15,16);2*1-2H3;2H2,1H3. The summed E-state index contributed by atoms with van der Waals surface area (Å²) in [5.74, 6) is -0.798. The molecule has 0 radical (unpaired) electrons. The van der Waals surface area contributed by atoms with Crippen LogP contribution in [0.15, 0.2) is 23.8 Å². The zero-order chi connectivity index (χ0) is 18.6. The minimum Gasteiger partial charge on any atom is -0.333 e. The second-order valence-electron chi connectivity index (χ2n) is 4.25. The van der Waals surface area contributed by atoms with Crippen molar-refractivity contribution >= 4 is 17.7 Å². The number of hydrogen-bond acceptors (Lipinski definition) is 4. The summed E-state index contributed by atoms with van der Waals surface area (Å²) in [7, 11) is 1.50. The van der Waals surface area contributed by atoms with Crippen molar-refractivity contribution in [1.29, 1.82) is 0 Å². The van der Waals surface area contributed by atoms with Crippen LogP contribution in [0.25, 0.3) is 0 Å². The first-order chi connectivity index (χ1) is 11.0. The van der Waals surface area contributed by atoms with Crippen molar-refractivity contribution < 1.29 is 14.4 Å².